The number of ether oxygens (including phenoxy) is 1. The Kier molecular flexibility index (Phi) is 8.98. The summed E-state index contributed by atoms with van der Waals surface area (Å²) in [5, 5.41) is 8.47. The molecule has 0 spiro atoms. The maximum absolute atomic E-state index is 13.0. The molecular formula is C26H23F3N4O4. The van der Waals surface area contributed by atoms with Crippen LogP contribution in [0.1, 0.15) is 23.6 Å². The van der Waals surface area contributed by atoms with Crippen molar-refractivity contribution in [3.05, 3.63) is 89.5 Å². The maximum atomic E-state index is 13.0. The summed E-state index contributed by atoms with van der Waals surface area (Å²) in [6.45, 7) is 1.42. The zero-order valence-corrected chi connectivity index (χ0v) is 19.6. The molecule has 3 rings (SSSR count). The van der Waals surface area contributed by atoms with Crippen molar-refractivity contribution in [3.63, 3.8) is 0 Å². The molecular weight excluding hydrogens is 489 g/mol. The molecule has 37 heavy (non-hydrogen) atoms. The van der Waals surface area contributed by atoms with E-state index in [2.05, 4.69) is 21.2 Å². The lowest BCUT2D eigenvalue weighted by Gasteiger charge is -2.13. The fourth-order valence-electron chi connectivity index (χ4n) is 3.17. The molecule has 0 heterocycles. The number of carbonyl (C=O) groups is 3. The quantitative estimate of drug-likeness (QED) is 0.237. The average Bonchev–Trinajstić information content (AvgIpc) is 2.88. The van der Waals surface area contributed by atoms with Crippen molar-refractivity contribution in [2.45, 2.75) is 19.5 Å². The third-order valence-electron chi connectivity index (χ3n) is 4.99. The summed E-state index contributed by atoms with van der Waals surface area (Å²) < 4.78 is 44.4. The topological polar surface area (TPSA) is 109 Å². The van der Waals surface area contributed by atoms with Crippen molar-refractivity contribution in [2.75, 3.05) is 17.2 Å². The Balaban J connectivity index is 1.47. The van der Waals surface area contributed by atoms with Crippen molar-refractivity contribution in [2.24, 2.45) is 5.10 Å². The molecule has 0 atom stereocenters. The Morgan fingerprint density at radius 1 is 0.865 bits per heavy atom. The Labute approximate surface area is 210 Å². The largest absolute Gasteiger partial charge is 0.484 e. The van der Waals surface area contributed by atoms with Gasteiger partial charge in [-0.15, -0.1) is 0 Å². The van der Waals surface area contributed by atoms with E-state index in [0.29, 0.717) is 17.7 Å². The first kappa shape index (κ1) is 26.9. The minimum atomic E-state index is -4.61. The molecule has 3 aromatic carbocycles. The first-order valence-corrected chi connectivity index (χ1v) is 11.1. The van der Waals surface area contributed by atoms with Gasteiger partial charge in [0.2, 0.25) is 0 Å². The number of halogens is 3. The van der Waals surface area contributed by atoms with Crippen LogP contribution in [0.15, 0.2) is 77.9 Å². The molecule has 0 saturated heterocycles. The van der Waals surface area contributed by atoms with E-state index < -0.39 is 36.1 Å². The fraction of sp³-hybridized carbons (Fsp3) is 0.154. The van der Waals surface area contributed by atoms with E-state index in [1.54, 1.807) is 24.3 Å². The van der Waals surface area contributed by atoms with E-state index >= 15 is 0 Å². The van der Waals surface area contributed by atoms with Gasteiger partial charge in [-0.1, -0.05) is 37.3 Å². The number of nitrogens with one attached hydrogen (secondary N) is 3. The second-order valence-electron chi connectivity index (χ2n) is 7.61. The molecule has 0 aliphatic carbocycles. The van der Waals surface area contributed by atoms with Gasteiger partial charge in [0, 0.05) is 5.69 Å². The SMILES string of the molecule is CCc1ccccc1NC(=O)C(=O)N/N=C\c1ccc(OCC(=O)Nc2ccccc2C(F)(F)F)cc1. The molecule has 0 aliphatic heterocycles. The fourth-order valence-corrected chi connectivity index (χ4v) is 3.17. The van der Waals surface area contributed by atoms with Gasteiger partial charge < -0.3 is 15.4 Å². The van der Waals surface area contributed by atoms with Gasteiger partial charge in [0.15, 0.2) is 6.61 Å². The highest BCUT2D eigenvalue weighted by Crippen LogP contribution is 2.34. The lowest BCUT2D eigenvalue weighted by molar-refractivity contribution is -0.137. The van der Waals surface area contributed by atoms with Crippen molar-refractivity contribution < 1.29 is 32.3 Å². The van der Waals surface area contributed by atoms with Crippen LogP contribution in [0.4, 0.5) is 24.5 Å². The van der Waals surface area contributed by atoms with E-state index in [-0.39, 0.29) is 11.4 Å². The molecule has 3 N–H and O–H groups in total. The summed E-state index contributed by atoms with van der Waals surface area (Å²) in [5.41, 5.74) is 2.80. The van der Waals surface area contributed by atoms with Crippen molar-refractivity contribution >= 4 is 35.3 Å². The van der Waals surface area contributed by atoms with Crippen LogP contribution in [0.5, 0.6) is 5.75 Å². The maximum Gasteiger partial charge on any atom is 0.418 e. The number of benzene rings is 3. The van der Waals surface area contributed by atoms with E-state index in [4.69, 9.17) is 4.74 Å². The summed E-state index contributed by atoms with van der Waals surface area (Å²) in [6, 6.07) is 17.9. The van der Waals surface area contributed by atoms with Crippen LogP contribution in [0.25, 0.3) is 0 Å². The van der Waals surface area contributed by atoms with Crippen LogP contribution in [-0.2, 0) is 27.0 Å². The number of alkyl halides is 3. The number of amides is 3. The molecule has 0 radical (unpaired) electrons. The van der Waals surface area contributed by atoms with Crippen LogP contribution < -0.4 is 20.8 Å². The number of nitrogens with zero attached hydrogens (tertiary/aromatic N) is 1. The Hall–Kier alpha value is -4.67. The van der Waals surface area contributed by atoms with E-state index in [9.17, 15) is 27.6 Å². The highest BCUT2D eigenvalue weighted by Gasteiger charge is 2.33. The second kappa shape index (κ2) is 12.3. The second-order valence-corrected chi connectivity index (χ2v) is 7.61. The van der Waals surface area contributed by atoms with Crippen LogP contribution in [0.3, 0.4) is 0 Å². The number of para-hydroxylation sites is 2. The molecule has 0 fully saturated rings. The molecule has 0 aliphatic rings. The van der Waals surface area contributed by atoms with Crippen molar-refractivity contribution in [1.29, 1.82) is 0 Å². The predicted octanol–water partition coefficient (Wildman–Crippen LogP) is 4.37. The van der Waals surface area contributed by atoms with Crippen LogP contribution in [0, 0.1) is 0 Å². The van der Waals surface area contributed by atoms with Crippen LogP contribution >= 0.6 is 0 Å². The minimum absolute atomic E-state index is 0.286. The predicted molar refractivity (Wildman–Crippen MR) is 132 cm³/mol. The average molecular weight is 512 g/mol. The van der Waals surface area contributed by atoms with Gasteiger partial charge in [-0.3, -0.25) is 14.4 Å². The molecule has 192 valence electrons. The number of rotatable bonds is 8. The van der Waals surface area contributed by atoms with E-state index in [1.807, 2.05) is 19.1 Å². The summed E-state index contributed by atoms with van der Waals surface area (Å²) in [6.07, 6.45) is -2.62. The van der Waals surface area contributed by atoms with Crippen LogP contribution in [0.2, 0.25) is 0 Å². The van der Waals surface area contributed by atoms with Gasteiger partial charge in [-0.2, -0.15) is 18.3 Å². The third-order valence-corrected chi connectivity index (χ3v) is 4.99. The Morgan fingerprint density at radius 3 is 2.19 bits per heavy atom. The summed E-state index contributed by atoms with van der Waals surface area (Å²) in [7, 11) is 0. The normalized spacial score (nSPS) is 11.1. The standard InChI is InChI=1S/C26H23F3N4O4/c1-2-18-7-3-5-9-21(18)32-24(35)25(36)33-30-15-17-11-13-19(14-12-17)37-16-23(34)31-22-10-6-4-8-20(22)26(27,28)29/h3-15H,2,16H2,1H3,(H,31,34)(H,32,35)(H,33,36)/b30-15-. The number of hydrogen-bond donors (Lipinski definition) is 3. The number of anilines is 2. The molecule has 0 unspecified atom stereocenters. The lowest BCUT2D eigenvalue weighted by atomic mass is 10.1. The number of carbonyl (C=O) groups excluding carboxylic acids is 3. The lowest BCUT2D eigenvalue weighted by Crippen LogP contribution is -2.32. The molecule has 0 saturated carbocycles. The van der Waals surface area contributed by atoms with Crippen LogP contribution in [-0.4, -0.2) is 30.5 Å². The molecule has 0 aromatic heterocycles. The first-order valence-electron chi connectivity index (χ1n) is 11.1. The Bertz CT molecular complexity index is 1290. The molecule has 3 aromatic rings. The summed E-state index contributed by atoms with van der Waals surface area (Å²) >= 11 is 0. The molecule has 8 nitrogen and oxygen atoms in total. The van der Waals surface area contributed by atoms with Gasteiger partial charge in [0.1, 0.15) is 5.75 Å². The molecule has 11 heteroatoms. The van der Waals surface area contributed by atoms with Gasteiger partial charge in [-0.05, 0) is 60.0 Å². The Morgan fingerprint density at radius 2 is 1.51 bits per heavy atom. The first-order chi connectivity index (χ1) is 17.7. The van der Waals surface area contributed by atoms with Gasteiger partial charge in [0.25, 0.3) is 5.91 Å². The summed E-state index contributed by atoms with van der Waals surface area (Å²) in [4.78, 5) is 36.1. The number of hydrazone groups is 1. The van der Waals surface area contributed by atoms with Crippen molar-refractivity contribution in [3.8, 4) is 5.75 Å². The zero-order chi connectivity index (χ0) is 26.8. The van der Waals surface area contributed by atoms with Gasteiger partial charge >= 0.3 is 18.0 Å². The highest BCUT2D eigenvalue weighted by molar-refractivity contribution is 6.39. The zero-order valence-electron chi connectivity index (χ0n) is 19.6. The number of aryl methyl sites for hydroxylation is 1. The van der Waals surface area contributed by atoms with E-state index in [0.717, 1.165) is 17.7 Å². The third kappa shape index (κ3) is 7.92. The smallest absolute Gasteiger partial charge is 0.418 e. The molecule has 3 amide bonds. The number of hydrogen-bond acceptors (Lipinski definition) is 5. The monoisotopic (exact) mass is 512 g/mol. The van der Waals surface area contributed by atoms with Crippen molar-refractivity contribution in [1.82, 2.24) is 5.43 Å². The van der Waals surface area contributed by atoms with Gasteiger partial charge in [-0.25, -0.2) is 5.43 Å². The molecule has 0 bridgehead atoms. The van der Waals surface area contributed by atoms with Gasteiger partial charge in [0.05, 0.1) is 17.5 Å². The van der Waals surface area contributed by atoms with E-state index in [1.165, 1.54) is 30.5 Å². The summed E-state index contributed by atoms with van der Waals surface area (Å²) in [5.74, 6) is -2.28. The minimum Gasteiger partial charge on any atom is -0.484 e. The highest BCUT2D eigenvalue weighted by atomic mass is 19.4.